The molecule has 1 aliphatic heterocycles. The van der Waals surface area contributed by atoms with Crippen molar-refractivity contribution >= 4 is 11.7 Å². The molecule has 1 N–H and O–H groups in total. The summed E-state index contributed by atoms with van der Waals surface area (Å²) in [6.45, 7) is 12.0. The maximum atomic E-state index is 13.5. The van der Waals surface area contributed by atoms with Crippen LogP contribution in [0.4, 0.5) is 4.39 Å². The highest BCUT2D eigenvalue weighted by Crippen LogP contribution is 2.21. The fourth-order valence-corrected chi connectivity index (χ4v) is 2.65. The molecule has 1 saturated heterocycles. The van der Waals surface area contributed by atoms with E-state index in [0.29, 0.717) is 6.54 Å². The van der Waals surface area contributed by atoms with Gasteiger partial charge in [-0.25, -0.2) is 4.39 Å². The van der Waals surface area contributed by atoms with E-state index >= 15 is 0 Å². The van der Waals surface area contributed by atoms with E-state index in [1.165, 1.54) is 0 Å². The maximum Gasteiger partial charge on any atom is 0.321 e. The number of hydrogen-bond donors (Lipinski definition) is 1. The number of rotatable bonds is 6. The molecule has 2 atom stereocenters. The first kappa shape index (κ1) is 18.3. The quantitative estimate of drug-likeness (QED) is 0.604. The Morgan fingerprint density at radius 2 is 2.09 bits per heavy atom. The van der Waals surface area contributed by atoms with E-state index in [2.05, 4.69) is 11.6 Å². The molecule has 0 amide bonds. The molecule has 0 aromatic heterocycles. The van der Waals surface area contributed by atoms with Crippen molar-refractivity contribution in [2.45, 2.75) is 46.3 Å². The van der Waals surface area contributed by atoms with Crippen molar-refractivity contribution in [1.82, 2.24) is 4.90 Å². The van der Waals surface area contributed by atoms with E-state index in [-0.39, 0.29) is 13.0 Å². The third kappa shape index (κ3) is 4.91. The molecule has 0 aromatic rings. The third-order valence-electron chi connectivity index (χ3n) is 3.57. The molecule has 0 aliphatic carbocycles. The normalized spacial score (nSPS) is 24.7. The lowest BCUT2D eigenvalue weighted by Crippen LogP contribution is -2.38. The van der Waals surface area contributed by atoms with Gasteiger partial charge in [-0.05, 0) is 38.8 Å². The third-order valence-corrected chi connectivity index (χ3v) is 3.57. The highest BCUT2D eigenvalue weighted by atomic mass is 19.1. The van der Waals surface area contributed by atoms with Gasteiger partial charge in [-0.3, -0.25) is 14.7 Å². The molecule has 2 unspecified atom stereocenters. The van der Waals surface area contributed by atoms with Gasteiger partial charge in [0, 0.05) is 25.2 Å². The summed E-state index contributed by atoms with van der Waals surface area (Å²) in [6.07, 6.45) is 2.84. The zero-order valence-corrected chi connectivity index (χ0v) is 13.8. The van der Waals surface area contributed by atoms with Crippen LogP contribution in [0.15, 0.2) is 40.6 Å². The fourth-order valence-electron chi connectivity index (χ4n) is 2.65. The number of allylic oxidation sites excluding steroid dienone is 4. The van der Waals surface area contributed by atoms with Gasteiger partial charge in [0.25, 0.3) is 0 Å². The van der Waals surface area contributed by atoms with E-state index in [1.54, 1.807) is 4.90 Å². The number of carbonyl (C=O) groups is 1. The molecule has 1 fully saturated rings. The predicted octanol–water partition coefficient (Wildman–Crippen LogP) is 3.37. The molecular formula is C17H25FN2O2. The molecule has 0 bridgehead atoms. The standard InChI is InChI=1S/C17H25FN2O2/c1-6-7-12(4)16(11(2)3)19-13(5)9-20-10-14(18)8-15(20)17(21)22/h6-7,14-15H,2,8-10H2,1,3-5H3,(H,21,22)/b7-6-,16-12+,19-13?. The lowest BCUT2D eigenvalue weighted by molar-refractivity contribution is -0.141. The van der Waals surface area contributed by atoms with Gasteiger partial charge in [-0.2, -0.15) is 0 Å². The Balaban J connectivity index is 2.94. The number of aliphatic imine (C=N–C) groups is 1. The van der Waals surface area contributed by atoms with Crippen molar-refractivity contribution in [3.63, 3.8) is 0 Å². The first-order valence-corrected chi connectivity index (χ1v) is 7.40. The number of aliphatic carboxylic acids is 1. The van der Waals surface area contributed by atoms with Crippen molar-refractivity contribution in [2.75, 3.05) is 13.1 Å². The van der Waals surface area contributed by atoms with Crippen LogP contribution in [0, 0.1) is 0 Å². The van der Waals surface area contributed by atoms with Crippen LogP contribution in [-0.4, -0.2) is 47.0 Å². The van der Waals surface area contributed by atoms with Crippen molar-refractivity contribution in [3.05, 3.63) is 35.6 Å². The van der Waals surface area contributed by atoms with Crippen LogP contribution in [-0.2, 0) is 4.79 Å². The Bertz CT molecular complexity index is 535. The summed E-state index contributed by atoms with van der Waals surface area (Å²) in [6, 6.07) is -0.769. The summed E-state index contributed by atoms with van der Waals surface area (Å²) in [5, 5.41) is 9.16. The molecular weight excluding hydrogens is 283 g/mol. The Hall–Kier alpha value is -1.75. The summed E-state index contributed by atoms with van der Waals surface area (Å²) in [5.74, 6) is -0.978. The van der Waals surface area contributed by atoms with Crippen LogP contribution in [0.25, 0.3) is 0 Å². The van der Waals surface area contributed by atoms with Crippen LogP contribution in [0.5, 0.6) is 0 Å². The second kappa shape index (κ2) is 8.03. The minimum atomic E-state index is -1.09. The fraction of sp³-hybridized carbons (Fsp3) is 0.529. The van der Waals surface area contributed by atoms with Gasteiger partial charge in [0.05, 0.1) is 5.70 Å². The molecule has 0 saturated carbocycles. The van der Waals surface area contributed by atoms with Gasteiger partial charge < -0.3 is 5.11 Å². The molecule has 0 spiro atoms. The number of hydrogen-bond acceptors (Lipinski definition) is 3. The van der Waals surface area contributed by atoms with Crippen LogP contribution in [0.2, 0.25) is 0 Å². The van der Waals surface area contributed by atoms with E-state index in [0.717, 1.165) is 22.6 Å². The molecule has 5 heteroatoms. The lowest BCUT2D eigenvalue weighted by Gasteiger charge is -2.20. The molecule has 1 heterocycles. The SMILES string of the molecule is C=C(C)/C(N=C(C)CN1CC(F)CC1C(=O)O)=C(C)\C=C/C. The van der Waals surface area contributed by atoms with Gasteiger partial charge in [-0.1, -0.05) is 18.7 Å². The first-order chi connectivity index (χ1) is 10.3. The summed E-state index contributed by atoms with van der Waals surface area (Å²) in [5.41, 5.74) is 3.38. The second-order valence-corrected chi connectivity index (χ2v) is 5.78. The Kier molecular flexibility index (Phi) is 6.68. The topological polar surface area (TPSA) is 52.9 Å². The average Bonchev–Trinajstić information content (AvgIpc) is 2.76. The summed E-state index contributed by atoms with van der Waals surface area (Å²) in [7, 11) is 0. The Morgan fingerprint density at radius 1 is 1.45 bits per heavy atom. The number of carboxylic acid groups (broad SMARTS) is 1. The first-order valence-electron chi connectivity index (χ1n) is 7.40. The monoisotopic (exact) mass is 308 g/mol. The maximum absolute atomic E-state index is 13.5. The molecule has 4 nitrogen and oxygen atoms in total. The van der Waals surface area contributed by atoms with Crippen molar-refractivity contribution in [3.8, 4) is 0 Å². The lowest BCUT2D eigenvalue weighted by atomic mass is 10.1. The molecule has 122 valence electrons. The van der Waals surface area contributed by atoms with E-state index < -0.39 is 18.2 Å². The van der Waals surface area contributed by atoms with Crippen LogP contribution in [0.3, 0.4) is 0 Å². The molecule has 22 heavy (non-hydrogen) atoms. The minimum Gasteiger partial charge on any atom is -0.480 e. The Labute approximate surface area is 131 Å². The molecule has 1 rings (SSSR count). The van der Waals surface area contributed by atoms with Gasteiger partial charge in [0.2, 0.25) is 0 Å². The minimum absolute atomic E-state index is 0.0450. The van der Waals surface area contributed by atoms with Crippen LogP contribution >= 0.6 is 0 Å². The summed E-state index contributed by atoms with van der Waals surface area (Å²) in [4.78, 5) is 17.4. The number of halogens is 1. The molecule has 0 aromatic carbocycles. The highest BCUT2D eigenvalue weighted by Gasteiger charge is 2.36. The zero-order chi connectivity index (χ0) is 16.9. The van der Waals surface area contributed by atoms with E-state index in [9.17, 15) is 9.18 Å². The average molecular weight is 308 g/mol. The van der Waals surface area contributed by atoms with Gasteiger partial charge in [0.15, 0.2) is 0 Å². The summed E-state index contributed by atoms with van der Waals surface area (Å²) >= 11 is 0. The van der Waals surface area contributed by atoms with Gasteiger partial charge in [-0.15, -0.1) is 0 Å². The highest BCUT2D eigenvalue weighted by molar-refractivity contribution is 5.86. The second-order valence-electron chi connectivity index (χ2n) is 5.78. The molecule has 0 radical (unpaired) electrons. The zero-order valence-electron chi connectivity index (χ0n) is 13.8. The van der Waals surface area contributed by atoms with Crippen molar-refractivity contribution < 1.29 is 14.3 Å². The Morgan fingerprint density at radius 3 is 2.59 bits per heavy atom. The smallest absolute Gasteiger partial charge is 0.321 e. The van der Waals surface area contributed by atoms with Crippen molar-refractivity contribution in [2.24, 2.45) is 4.99 Å². The van der Waals surface area contributed by atoms with Gasteiger partial charge in [0.1, 0.15) is 12.2 Å². The number of nitrogens with zero attached hydrogens (tertiary/aromatic N) is 2. The predicted molar refractivity (Wildman–Crippen MR) is 87.9 cm³/mol. The van der Waals surface area contributed by atoms with Crippen molar-refractivity contribution in [1.29, 1.82) is 0 Å². The van der Waals surface area contributed by atoms with Gasteiger partial charge >= 0.3 is 5.97 Å². The van der Waals surface area contributed by atoms with E-state index in [1.807, 2.05) is 39.8 Å². The number of carboxylic acids is 1. The van der Waals surface area contributed by atoms with Crippen LogP contribution in [0.1, 0.15) is 34.1 Å². The number of likely N-dealkylation sites (tertiary alicyclic amines) is 1. The largest absolute Gasteiger partial charge is 0.480 e. The number of alkyl halides is 1. The summed E-state index contributed by atoms with van der Waals surface area (Å²) < 4.78 is 13.5. The van der Waals surface area contributed by atoms with E-state index in [4.69, 9.17) is 5.11 Å². The molecule has 1 aliphatic rings. The van der Waals surface area contributed by atoms with Crippen LogP contribution < -0.4 is 0 Å².